The molecular formula is C12H20O6. The molecule has 6 nitrogen and oxygen atoms in total. The van der Waals surface area contributed by atoms with Crippen LogP contribution in [0.25, 0.3) is 0 Å². The van der Waals surface area contributed by atoms with Gasteiger partial charge < -0.3 is 24.1 Å². The zero-order valence-electron chi connectivity index (χ0n) is 11.2. The second-order valence-electron chi connectivity index (χ2n) is 4.34. The fourth-order valence-corrected chi connectivity index (χ4v) is 1.64. The summed E-state index contributed by atoms with van der Waals surface area (Å²) in [7, 11) is 0. The predicted octanol–water partition coefficient (Wildman–Crippen LogP) is 0.941. The molecule has 1 rings (SSSR count). The van der Waals surface area contributed by atoms with Gasteiger partial charge in [0.2, 0.25) is 11.5 Å². The molecular weight excluding hydrogens is 240 g/mol. The van der Waals surface area contributed by atoms with Crippen LogP contribution in [0.1, 0.15) is 27.7 Å². The summed E-state index contributed by atoms with van der Waals surface area (Å²) in [5, 5.41) is 9.14. The number of allylic oxidation sites excluding steroid dienone is 1. The quantitative estimate of drug-likeness (QED) is 0.761. The summed E-state index contributed by atoms with van der Waals surface area (Å²) in [6.07, 6.45) is -0.558. The number of rotatable bonds is 3. The molecule has 0 amide bonds. The first-order chi connectivity index (χ1) is 8.39. The number of aliphatic hydroxyl groups excluding tert-OH is 1. The van der Waals surface area contributed by atoms with Crippen LogP contribution in [-0.4, -0.2) is 42.8 Å². The van der Waals surface area contributed by atoms with Crippen LogP contribution >= 0.6 is 0 Å². The Labute approximate surface area is 106 Å². The molecule has 0 spiro atoms. The molecule has 0 radical (unpaired) electrons. The number of ether oxygens (including phenoxy) is 4. The summed E-state index contributed by atoms with van der Waals surface area (Å²) in [6, 6.07) is 0. The van der Waals surface area contributed by atoms with Crippen molar-refractivity contribution in [1.82, 2.24) is 0 Å². The lowest BCUT2D eigenvalue weighted by Gasteiger charge is -2.33. The van der Waals surface area contributed by atoms with Crippen molar-refractivity contribution in [2.24, 2.45) is 0 Å². The van der Waals surface area contributed by atoms with E-state index in [0.29, 0.717) is 5.76 Å². The lowest BCUT2D eigenvalue weighted by atomic mass is 10.3. The molecule has 18 heavy (non-hydrogen) atoms. The Kier molecular flexibility index (Phi) is 4.98. The third-order valence-electron chi connectivity index (χ3n) is 2.25. The van der Waals surface area contributed by atoms with E-state index < -0.39 is 17.9 Å². The monoisotopic (exact) mass is 260 g/mol. The van der Waals surface area contributed by atoms with Crippen LogP contribution in [-0.2, 0) is 23.7 Å². The number of carbonyl (C=O) groups excluding carboxylic acids is 1. The van der Waals surface area contributed by atoms with Crippen LogP contribution in [0.2, 0.25) is 0 Å². The fourth-order valence-electron chi connectivity index (χ4n) is 1.64. The summed E-state index contributed by atoms with van der Waals surface area (Å²) in [6.45, 7) is 6.82. The Balaban J connectivity index is 2.93. The van der Waals surface area contributed by atoms with E-state index in [2.05, 4.69) is 0 Å². The highest BCUT2D eigenvalue weighted by Crippen LogP contribution is 2.24. The topological polar surface area (TPSA) is 74.2 Å². The van der Waals surface area contributed by atoms with E-state index in [-0.39, 0.29) is 25.6 Å². The summed E-state index contributed by atoms with van der Waals surface area (Å²) in [5.41, 5.74) is 0. The second-order valence-corrected chi connectivity index (χ2v) is 4.34. The molecule has 6 heteroatoms. The van der Waals surface area contributed by atoms with Gasteiger partial charge in [-0.3, -0.25) is 0 Å². The molecule has 1 unspecified atom stereocenters. The molecule has 0 fully saturated rings. The van der Waals surface area contributed by atoms with Gasteiger partial charge in [-0.25, -0.2) is 4.79 Å². The molecule has 0 saturated carbocycles. The third kappa shape index (κ3) is 3.89. The van der Waals surface area contributed by atoms with Gasteiger partial charge in [-0.05, 0) is 13.8 Å². The van der Waals surface area contributed by atoms with E-state index in [1.807, 2.05) is 0 Å². The van der Waals surface area contributed by atoms with E-state index in [9.17, 15) is 4.79 Å². The minimum Gasteiger partial charge on any atom is -0.481 e. The molecule has 0 aromatic carbocycles. The van der Waals surface area contributed by atoms with Crippen molar-refractivity contribution in [3.8, 4) is 0 Å². The number of aliphatic hydroxyl groups is 1. The molecule has 0 saturated heterocycles. The summed E-state index contributed by atoms with van der Waals surface area (Å²) in [5.74, 6) is -1.20. The average molecular weight is 260 g/mol. The van der Waals surface area contributed by atoms with Gasteiger partial charge >= 0.3 is 5.97 Å². The maximum atomic E-state index is 11.7. The van der Waals surface area contributed by atoms with E-state index in [1.165, 1.54) is 0 Å². The summed E-state index contributed by atoms with van der Waals surface area (Å²) in [4.78, 5) is 11.7. The van der Waals surface area contributed by atoms with Crippen molar-refractivity contribution in [2.75, 3.05) is 19.8 Å². The number of carbonyl (C=O) groups is 1. The molecule has 1 N–H and O–H groups in total. The minimum absolute atomic E-state index is 0.0201. The summed E-state index contributed by atoms with van der Waals surface area (Å²) >= 11 is 0. The van der Waals surface area contributed by atoms with Gasteiger partial charge in [-0.2, -0.15) is 0 Å². The maximum Gasteiger partial charge on any atom is 0.377 e. The van der Waals surface area contributed by atoms with Gasteiger partial charge in [-0.15, -0.1) is 0 Å². The molecule has 104 valence electrons. The third-order valence-corrected chi connectivity index (χ3v) is 2.25. The van der Waals surface area contributed by atoms with Gasteiger partial charge in [0.05, 0.1) is 13.2 Å². The summed E-state index contributed by atoms with van der Waals surface area (Å²) < 4.78 is 21.2. The van der Waals surface area contributed by atoms with E-state index in [1.54, 1.807) is 27.7 Å². The van der Waals surface area contributed by atoms with Crippen LogP contribution in [0.3, 0.4) is 0 Å². The van der Waals surface area contributed by atoms with Crippen LogP contribution in [0.4, 0.5) is 0 Å². The highest BCUT2D eigenvalue weighted by Gasteiger charge is 2.32. The first-order valence-corrected chi connectivity index (χ1v) is 5.88. The standard InChI is InChI=1S/C12H20O6/c1-5-15-11(14)10-8(2)17-12(3,4)18-9(6-13)7-16-10/h9,13H,5-7H2,1-4H3/b10-8-. The van der Waals surface area contributed by atoms with Crippen molar-refractivity contribution in [3.63, 3.8) is 0 Å². The minimum atomic E-state index is -0.945. The van der Waals surface area contributed by atoms with E-state index in [0.717, 1.165) is 0 Å². The SMILES string of the molecule is CCOC(=O)/C1=C(\C)OC(C)(C)OC(CO)CO1. The molecule has 1 heterocycles. The molecule has 0 aromatic heterocycles. The number of esters is 1. The van der Waals surface area contributed by atoms with Crippen LogP contribution in [0.5, 0.6) is 0 Å². The van der Waals surface area contributed by atoms with E-state index >= 15 is 0 Å². The highest BCUT2D eigenvalue weighted by atomic mass is 16.7. The molecule has 0 aliphatic carbocycles. The molecule has 0 aromatic rings. The first-order valence-electron chi connectivity index (χ1n) is 5.88. The maximum absolute atomic E-state index is 11.7. The van der Waals surface area contributed by atoms with Crippen LogP contribution in [0, 0.1) is 0 Å². The molecule has 1 atom stereocenters. The van der Waals surface area contributed by atoms with Gasteiger partial charge in [0.1, 0.15) is 18.5 Å². The van der Waals surface area contributed by atoms with Crippen molar-refractivity contribution in [2.45, 2.75) is 39.6 Å². The Bertz CT molecular complexity index is 333. The molecule has 1 aliphatic heterocycles. The Hall–Kier alpha value is -1.27. The van der Waals surface area contributed by atoms with Gasteiger partial charge in [-0.1, -0.05) is 0 Å². The molecule has 1 aliphatic rings. The van der Waals surface area contributed by atoms with Crippen molar-refractivity contribution >= 4 is 5.97 Å². The Morgan fingerprint density at radius 3 is 2.78 bits per heavy atom. The lowest BCUT2D eigenvalue weighted by Crippen LogP contribution is -2.39. The second kappa shape index (κ2) is 6.06. The number of hydrogen-bond donors (Lipinski definition) is 1. The zero-order chi connectivity index (χ0) is 13.8. The zero-order valence-corrected chi connectivity index (χ0v) is 11.2. The largest absolute Gasteiger partial charge is 0.481 e. The first kappa shape index (κ1) is 14.8. The van der Waals surface area contributed by atoms with Crippen molar-refractivity contribution in [3.05, 3.63) is 11.5 Å². The Morgan fingerprint density at radius 2 is 2.22 bits per heavy atom. The van der Waals surface area contributed by atoms with Gasteiger partial charge in [0, 0.05) is 13.8 Å². The number of hydrogen-bond acceptors (Lipinski definition) is 6. The smallest absolute Gasteiger partial charge is 0.377 e. The molecule has 0 bridgehead atoms. The highest BCUT2D eigenvalue weighted by molar-refractivity contribution is 5.86. The van der Waals surface area contributed by atoms with Crippen molar-refractivity contribution < 1.29 is 28.8 Å². The lowest BCUT2D eigenvalue weighted by molar-refractivity contribution is -0.240. The van der Waals surface area contributed by atoms with E-state index in [4.69, 9.17) is 24.1 Å². The average Bonchev–Trinajstić information content (AvgIpc) is 2.25. The van der Waals surface area contributed by atoms with Crippen molar-refractivity contribution in [1.29, 1.82) is 0 Å². The normalized spacial score (nSPS) is 27.5. The Morgan fingerprint density at radius 1 is 1.56 bits per heavy atom. The van der Waals surface area contributed by atoms with Gasteiger partial charge in [0.25, 0.3) is 0 Å². The van der Waals surface area contributed by atoms with Gasteiger partial charge in [0.15, 0.2) is 0 Å². The predicted molar refractivity (Wildman–Crippen MR) is 62.4 cm³/mol. The van der Waals surface area contributed by atoms with Crippen LogP contribution < -0.4 is 0 Å². The van der Waals surface area contributed by atoms with Crippen LogP contribution in [0.15, 0.2) is 11.5 Å². The fraction of sp³-hybridized carbons (Fsp3) is 0.750.